The van der Waals surface area contributed by atoms with Crippen LogP contribution in [0, 0.1) is 5.92 Å². The number of hydrogen-bond acceptors (Lipinski definition) is 2. The molecule has 3 heteroatoms. The third-order valence-corrected chi connectivity index (χ3v) is 2.66. The second-order valence-corrected chi connectivity index (χ2v) is 3.78. The van der Waals surface area contributed by atoms with Crippen LogP contribution in [0.15, 0.2) is 29.3 Å². The first kappa shape index (κ1) is 11.0. The molecule has 0 spiro atoms. The van der Waals surface area contributed by atoms with Gasteiger partial charge in [0.2, 0.25) is 0 Å². The predicted octanol–water partition coefficient (Wildman–Crippen LogP) is 1.22. The smallest absolute Gasteiger partial charge is 0.181 e. The lowest BCUT2D eigenvalue weighted by Gasteiger charge is -2.19. The number of aromatic nitrogens is 1. The van der Waals surface area contributed by atoms with Crippen LogP contribution < -0.4 is 11.2 Å². The minimum Gasteiger partial charge on any atom is -0.352 e. The Labute approximate surface area is 84.6 Å². The van der Waals surface area contributed by atoms with Crippen molar-refractivity contribution in [3.8, 4) is 0 Å². The van der Waals surface area contributed by atoms with Crippen molar-refractivity contribution in [3.63, 3.8) is 0 Å². The van der Waals surface area contributed by atoms with Crippen LogP contribution in [0.3, 0.4) is 0 Å². The Bertz CT molecular complexity index is 312. The maximum atomic E-state index is 10.9. The highest BCUT2D eigenvalue weighted by Crippen LogP contribution is 2.06. The van der Waals surface area contributed by atoms with E-state index in [0.717, 1.165) is 13.0 Å². The summed E-state index contributed by atoms with van der Waals surface area (Å²) in [5.74, 6) is 0.509. The summed E-state index contributed by atoms with van der Waals surface area (Å²) in [6.07, 6.45) is 4.65. The minimum absolute atomic E-state index is 0.0401. The molecule has 0 fully saturated rings. The van der Waals surface area contributed by atoms with Gasteiger partial charge in [0.1, 0.15) is 0 Å². The van der Waals surface area contributed by atoms with Crippen LogP contribution in [0.25, 0.3) is 0 Å². The molecule has 1 heterocycles. The molecule has 0 aliphatic heterocycles. The van der Waals surface area contributed by atoms with Gasteiger partial charge in [0.05, 0.1) is 0 Å². The molecule has 0 amide bonds. The van der Waals surface area contributed by atoms with E-state index >= 15 is 0 Å². The molecule has 1 rings (SSSR count). The van der Waals surface area contributed by atoms with Gasteiger partial charge in [0.15, 0.2) is 5.43 Å². The zero-order chi connectivity index (χ0) is 10.6. The fourth-order valence-electron chi connectivity index (χ4n) is 1.29. The molecular formula is C11H18N2O. The van der Waals surface area contributed by atoms with Gasteiger partial charge in [-0.15, -0.1) is 0 Å². The fraction of sp³-hybridized carbons (Fsp3) is 0.545. The molecule has 14 heavy (non-hydrogen) atoms. The second kappa shape index (κ2) is 4.96. The number of nitrogens with two attached hydrogens (primary N) is 1. The van der Waals surface area contributed by atoms with Crippen molar-refractivity contribution < 1.29 is 0 Å². The Morgan fingerprint density at radius 3 is 2.50 bits per heavy atom. The summed E-state index contributed by atoms with van der Waals surface area (Å²) in [6.45, 7) is 5.05. The molecule has 0 saturated heterocycles. The van der Waals surface area contributed by atoms with Crippen molar-refractivity contribution >= 4 is 0 Å². The van der Waals surface area contributed by atoms with Gasteiger partial charge in [-0.05, 0) is 5.92 Å². The number of hydrogen-bond donors (Lipinski definition) is 1. The molecule has 2 N–H and O–H groups in total. The van der Waals surface area contributed by atoms with E-state index in [0.29, 0.717) is 5.92 Å². The van der Waals surface area contributed by atoms with Gasteiger partial charge >= 0.3 is 0 Å². The van der Waals surface area contributed by atoms with E-state index < -0.39 is 0 Å². The molecule has 3 nitrogen and oxygen atoms in total. The SMILES string of the molecule is CCC(C)C(N)Cn1ccc(=O)cc1. The molecule has 0 bridgehead atoms. The number of rotatable bonds is 4. The molecule has 0 aromatic carbocycles. The topological polar surface area (TPSA) is 48.0 Å². The monoisotopic (exact) mass is 194 g/mol. The lowest BCUT2D eigenvalue weighted by molar-refractivity contribution is 0.395. The molecular weight excluding hydrogens is 176 g/mol. The summed E-state index contributed by atoms with van der Waals surface area (Å²) in [6, 6.07) is 3.27. The molecule has 0 saturated carbocycles. The minimum atomic E-state index is 0.0401. The van der Waals surface area contributed by atoms with E-state index in [4.69, 9.17) is 5.73 Å². The second-order valence-electron chi connectivity index (χ2n) is 3.78. The molecule has 2 atom stereocenters. The third kappa shape index (κ3) is 3.00. The van der Waals surface area contributed by atoms with Gasteiger partial charge in [0.25, 0.3) is 0 Å². The summed E-state index contributed by atoms with van der Waals surface area (Å²) in [5.41, 5.74) is 6.04. The Morgan fingerprint density at radius 1 is 1.43 bits per heavy atom. The zero-order valence-corrected chi connectivity index (χ0v) is 8.81. The van der Waals surface area contributed by atoms with Gasteiger partial charge in [-0.2, -0.15) is 0 Å². The summed E-state index contributed by atoms with van der Waals surface area (Å²) in [4.78, 5) is 10.9. The van der Waals surface area contributed by atoms with Crippen LogP contribution in [0.4, 0.5) is 0 Å². The van der Waals surface area contributed by atoms with Crippen molar-refractivity contribution in [2.24, 2.45) is 11.7 Å². The van der Waals surface area contributed by atoms with E-state index in [9.17, 15) is 4.79 Å². The highest BCUT2D eigenvalue weighted by atomic mass is 16.1. The van der Waals surface area contributed by atoms with Crippen LogP contribution in [0.2, 0.25) is 0 Å². The van der Waals surface area contributed by atoms with Gasteiger partial charge in [-0.1, -0.05) is 20.3 Å². The Balaban J connectivity index is 2.60. The Morgan fingerprint density at radius 2 is 2.00 bits per heavy atom. The molecule has 1 aromatic heterocycles. The van der Waals surface area contributed by atoms with Crippen molar-refractivity contribution in [3.05, 3.63) is 34.7 Å². The Hall–Kier alpha value is -1.09. The maximum absolute atomic E-state index is 10.9. The average molecular weight is 194 g/mol. The van der Waals surface area contributed by atoms with Crippen LogP contribution in [0.5, 0.6) is 0 Å². The molecule has 78 valence electrons. The summed E-state index contributed by atoms with van der Waals surface area (Å²) in [5, 5.41) is 0. The van der Waals surface area contributed by atoms with E-state index in [1.165, 1.54) is 0 Å². The van der Waals surface area contributed by atoms with Crippen LogP contribution in [-0.2, 0) is 6.54 Å². The van der Waals surface area contributed by atoms with E-state index in [1.54, 1.807) is 24.5 Å². The van der Waals surface area contributed by atoms with Gasteiger partial charge in [-0.25, -0.2) is 0 Å². The average Bonchev–Trinajstić information content (AvgIpc) is 2.20. The molecule has 0 aliphatic rings. The molecule has 1 aromatic rings. The largest absolute Gasteiger partial charge is 0.352 e. The van der Waals surface area contributed by atoms with Gasteiger partial charge in [0, 0.05) is 37.1 Å². The van der Waals surface area contributed by atoms with E-state index in [1.807, 2.05) is 4.57 Å². The third-order valence-electron chi connectivity index (χ3n) is 2.66. The highest BCUT2D eigenvalue weighted by molar-refractivity contribution is 4.94. The summed E-state index contributed by atoms with van der Waals surface area (Å²) < 4.78 is 1.96. The van der Waals surface area contributed by atoms with Crippen LogP contribution in [0.1, 0.15) is 20.3 Å². The van der Waals surface area contributed by atoms with Crippen molar-refractivity contribution in [2.75, 3.05) is 0 Å². The normalized spacial score (nSPS) is 15.1. The molecule has 0 aliphatic carbocycles. The summed E-state index contributed by atoms with van der Waals surface area (Å²) >= 11 is 0. The van der Waals surface area contributed by atoms with Gasteiger partial charge < -0.3 is 10.3 Å². The lowest BCUT2D eigenvalue weighted by Crippen LogP contribution is -2.32. The Kier molecular flexibility index (Phi) is 3.89. The number of nitrogens with zero attached hydrogens (tertiary/aromatic N) is 1. The van der Waals surface area contributed by atoms with E-state index in [-0.39, 0.29) is 11.5 Å². The quantitative estimate of drug-likeness (QED) is 0.783. The molecule has 2 unspecified atom stereocenters. The first-order valence-electron chi connectivity index (χ1n) is 5.05. The molecule has 0 radical (unpaired) electrons. The standard InChI is InChI=1S/C11H18N2O/c1-3-9(2)11(12)8-13-6-4-10(14)5-7-13/h4-7,9,11H,3,8,12H2,1-2H3. The van der Waals surface area contributed by atoms with Crippen LogP contribution in [-0.4, -0.2) is 10.6 Å². The highest BCUT2D eigenvalue weighted by Gasteiger charge is 2.10. The predicted molar refractivity (Wildman–Crippen MR) is 58.1 cm³/mol. The zero-order valence-electron chi connectivity index (χ0n) is 8.81. The maximum Gasteiger partial charge on any atom is 0.181 e. The first-order valence-corrected chi connectivity index (χ1v) is 5.05. The van der Waals surface area contributed by atoms with Crippen LogP contribution >= 0.6 is 0 Å². The first-order chi connectivity index (χ1) is 6.63. The lowest BCUT2D eigenvalue weighted by atomic mass is 10.0. The van der Waals surface area contributed by atoms with Crippen molar-refractivity contribution in [1.82, 2.24) is 4.57 Å². The van der Waals surface area contributed by atoms with E-state index in [2.05, 4.69) is 13.8 Å². The van der Waals surface area contributed by atoms with Crippen molar-refractivity contribution in [2.45, 2.75) is 32.9 Å². The number of pyridine rings is 1. The van der Waals surface area contributed by atoms with Crippen molar-refractivity contribution in [1.29, 1.82) is 0 Å². The fourth-order valence-corrected chi connectivity index (χ4v) is 1.29. The van der Waals surface area contributed by atoms with Gasteiger partial charge in [-0.3, -0.25) is 4.79 Å². The summed E-state index contributed by atoms with van der Waals surface area (Å²) in [7, 11) is 0.